The molecule has 1 aliphatic rings. The number of aliphatic carboxylic acids is 1. The van der Waals surface area contributed by atoms with Gasteiger partial charge < -0.3 is 14.7 Å². The highest BCUT2D eigenvalue weighted by Crippen LogP contribution is 2.10. The molecule has 1 rings (SSSR count). The molecule has 1 aliphatic heterocycles. The minimum absolute atomic E-state index is 0.102. The van der Waals surface area contributed by atoms with Crippen molar-refractivity contribution in [2.45, 2.75) is 6.42 Å². The number of ether oxygens (including phenoxy) is 1. The highest BCUT2D eigenvalue weighted by atomic mass is 16.6. The van der Waals surface area contributed by atoms with Gasteiger partial charge in [0.15, 0.2) is 0 Å². The van der Waals surface area contributed by atoms with Crippen LogP contribution in [0.1, 0.15) is 6.42 Å². The number of nitrogens with zero attached hydrogens (tertiary/aromatic N) is 1. The van der Waals surface area contributed by atoms with Gasteiger partial charge in [-0.05, 0) is 6.42 Å². The average molecular weight is 211 g/mol. The third-order valence-corrected chi connectivity index (χ3v) is 2.01. The zero-order valence-electron chi connectivity index (χ0n) is 8.31. The van der Waals surface area contributed by atoms with Gasteiger partial charge in [0.2, 0.25) is 0 Å². The van der Waals surface area contributed by atoms with E-state index in [4.69, 9.17) is 9.84 Å². The highest BCUT2D eigenvalue weighted by molar-refractivity contribution is 5.88. The Morgan fingerprint density at radius 3 is 3.00 bits per heavy atom. The minimum atomic E-state index is -0.990. The van der Waals surface area contributed by atoms with E-state index in [1.165, 1.54) is 11.0 Å². The van der Waals surface area contributed by atoms with Crippen molar-refractivity contribution in [2.24, 2.45) is 0 Å². The molecule has 0 saturated carbocycles. The molecule has 0 unspecified atom stereocenters. The van der Waals surface area contributed by atoms with Crippen molar-refractivity contribution in [3.05, 3.63) is 24.3 Å². The van der Waals surface area contributed by atoms with E-state index < -0.39 is 12.1 Å². The topological polar surface area (TPSA) is 66.8 Å². The molecular formula is C10H13NO4. The molecule has 5 heteroatoms. The van der Waals surface area contributed by atoms with Gasteiger partial charge in [-0.25, -0.2) is 9.59 Å². The first kappa shape index (κ1) is 11.3. The number of carbonyl (C=O) groups is 2. The van der Waals surface area contributed by atoms with Crippen molar-refractivity contribution in [2.75, 3.05) is 19.7 Å². The molecule has 1 N–H and O–H groups in total. The van der Waals surface area contributed by atoms with Crippen LogP contribution in [-0.2, 0) is 9.53 Å². The standard InChI is InChI=1S/C10H13NO4/c1-2-6-15-10(14)11-5-3-4-8(7-11)9(12)13/h2,4H,1,3,5-7H2,(H,12,13). The number of hydrogen-bond acceptors (Lipinski definition) is 3. The maximum absolute atomic E-state index is 11.4. The first-order valence-corrected chi connectivity index (χ1v) is 4.60. The summed E-state index contributed by atoms with van der Waals surface area (Å²) < 4.78 is 4.81. The Hall–Kier alpha value is -1.78. The van der Waals surface area contributed by atoms with Gasteiger partial charge in [-0.15, -0.1) is 0 Å². The van der Waals surface area contributed by atoms with Gasteiger partial charge in [0.05, 0.1) is 12.1 Å². The number of rotatable bonds is 3. The van der Waals surface area contributed by atoms with Crippen LogP contribution in [0.2, 0.25) is 0 Å². The quantitative estimate of drug-likeness (QED) is 0.708. The minimum Gasteiger partial charge on any atom is -0.478 e. The largest absolute Gasteiger partial charge is 0.478 e. The molecule has 1 amide bonds. The fourth-order valence-electron chi connectivity index (χ4n) is 1.28. The van der Waals surface area contributed by atoms with Crippen LogP contribution in [0, 0.1) is 0 Å². The fourth-order valence-corrected chi connectivity index (χ4v) is 1.28. The molecule has 15 heavy (non-hydrogen) atoms. The normalized spacial score (nSPS) is 15.5. The Balaban J connectivity index is 2.52. The van der Waals surface area contributed by atoms with Crippen LogP contribution in [0.3, 0.4) is 0 Å². The smallest absolute Gasteiger partial charge is 0.410 e. The molecule has 82 valence electrons. The molecule has 0 atom stereocenters. The molecule has 0 fully saturated rings. The van der Waals surface area contributed by atoms with Crippen LogP contribution in [0.4, 0.5) is 4.79 Å². The van der Waals surface area contributed by atoms with Gasteiger partial charge in [-0.3, -0.25) is 0 Å². The fraction of sp³-hybridized carbons (Fsp3) is 0.400. The Bertz CT molecular complexity index is 309. The Labute approximate surface area is 87.6 Å². The van der Waals surface area contributed by atoms with Crippen LogP contribution in [-0.4, -0.2) is 41.8 Å². The van der Waals surface area contributed by atoms with Crippen LogP contribution < -0.4 is 0 Å². The van der Waals surface area contributed by atoms with E-state index in [-0.39, 0.29) is 18.7 Å². The van der Waals surface area contributed by atoms with Gasteiger partial charge in [0.25, 0.3) is 0 Å². The summed E-state index contributed by atoms with van der Waals surface area (Å²) in [5, 5.41) is 8.75. The summed E-state index contributed by atoms with van der Waals surface area (Å²) in [5.74, 6) is -0.990. The van der Waals surface area contributed by atoms with Crippen LogP contribution in [0.15, 0.2) is 24.3 Å². The summed E-state index contributed by atoms with van der Waals surface area (Å²) in [6.45, 7) is 4.16. The summed E-state index contributed by atoms with van der Waals surface area (Å²) in [7, 11) is 0. The number of carboxylic acid groups (broad SMARTS) is 1. The van der Waals surface area contributed by atoms with Gasteiger partial charge in [-0.2, -0.15) is 0 Å². The molecule has 0 saturated heterocycles. The summed E-state index contributed by atoms with van der Waals surface area (Å²) in [5.41, 5.74) is 0.233. The van der Waals surface area contributed by atoms with E-state index in [0.717, 1.165) is 0 Å². The third kappa shape index (κ3) is 3.12. The molecule has 0 radical (unpaired) electrons. The molecule has 0 spiro atoms. The lowest BCUT2D eigenvalue weighted by molar-refractivity contribution is -0.133. The molecule has 0 aliphatic carbocycles. The van der Waals surface area contributed by atoms with Crippen molar-refractivity contribution < 1.29 is 19.4 Å². The van der Waals surface area contributed by atoms with E-state index in [9.17, 15) is 9.59 Å². The van der Waals surface area contributed by atoms with Crippen LogP contribution >= 0.6 is 0 Å². The Kier molecular flexibility index (Phi) is 3.91. The number of carbonyl (C=O) groups excluding carboxylic acids is 1. The van der Waals surface area contributed by atoms with Crippen molar-refractivity contribution in [1.82, 2.24) is 4.90 Å². The number of carboxylic acids is 1. The van der Waals surface area contributed by atoms with Gasteiger partial charge in [0, 0.05) is 6.54 Å². The summed E-state index contributed by atoms with van der Waals surface area (Å²) in [4.78, 5) is 23.4. The van der Waals surface area contributed by atoms with E-state index in [2.05, 4.69) is 6.58 Å². The molecule has 0 aromatic carbocycles. The second-order valence-electron chi connectivity index (χ2n) is 3.11. The Morgan fingerprint density at radius 2 is 2.40 bits per heavy atom. The van der Waals surface area contributed by atoms with E-state index in [1.807, 2.05) is 0 Å². The van der Waals surface area contributed by atoms with Crippen LogP contribution in [0.25, 0.3) is 0 Å². The molecule has 0 bridgehead atoms. The van der Waals surface area contributed by atoms with E-state index in [1.54, 1.807) is 6.08 Å². The second kappa shape index (κ2) is 5.19. The third-order valence-electron chi connectivity index (χ3n) is 2.01. The highest BCUT2D eigenvalue weighted by Gasteiger charge is 2.22. The van der Waals surface area contributed by atoms with Crippen LogP contribution in [0.5, 0.6) is 0 Å². The average Bonchev–Trinajstić information content (AvgIpc) is 2.26. The van der Waals surface area contributed by atoms with Crippen molar-refractivity contribution in [3.63, 3.8) is 0 Å². The monoisotopic (exact) mass is 211 g/mol. The maximum Gasteiger partial charge on any atom is 0.410 e. The van der Waals surface area contributed by atoms with Crippen molar-refractivity contribution >= 4 is 12.1 Å². The van der Waals surface area contributed by atoms with Crippen molar-refractivity contribution in [1.29, 1.82) is 0 Å². The zero-order valence-corrected chi connectivity index (χ0v) is 8.31. The number of hydrogen-bond donors (Lipinski definition) is 1. The SMILES string of the molecule is C=CCOC(=O)N1CCC=C(C(=O)O)C1. The lowest BCUT2D eigenvalue weighted by Crippen LogP contribution is -2.37. The first-order chi connectivity index (χ1) is 7.15. The van der Waals surface area contributed by atoms with Gasteiger partial charge in [0.1, 0.15) is 6.61 Å². The summed E-state index contributed by atoms with van der Waals surface area (Å²) in [6.07, 6.45) is 3.14. The maximum atomic E-state index is 11.4. The van der Waals surface area contributed by atoms with E-state index >= 15 is 0 Å². The molecule has 5 nitrogen and oxygen atoms in total. The number of amides is 1. The first-order valence-electron chi connectivity index (χ1n) is 4.60. The molecule has 1 heterocycles. The predicted molar refractivity (Wildman–Crippen MR) is 53.5 cm³/mol. The van der Waals surface area contributed by atoms with Gasteiger partial charge in [-0.1, -0.05) is 18.7 Å². The summed E-state index contributed by atoms with van der Waals surface area (Å²) in [6, 6.07) is 0. The summed E-state index contributed by atoms with van der Waals surface area (Å²) >= 11 is 0. The second-order valence-corrected chi connectivity index (χ2v) is 3.11. The van der Waals surface area contributed by atoms with E-state index in [0.29, 0.717) is 13.0 Å². The Morgan fingerprint density at radius 1 is 1.67 bits per heavy atom. The molecule has 0 aromatic heterocycles. The molecule has 0 aromatic rings. The lowest BCUT2D eigenvalue weighted by Gasteiger charge is -2.24. The molecular weight excluding hydrogens is 198 g/mol. The lowest BCUT2D eigenvalue weighted by atomic mass is 10.1. The zero-order chi connectivity index (χ0) is 11.3. The van der Waals surface area contributed by atoms with Crippen molar-refractivity contribution in [3.8, 4) is 0 Å². The predicted octanol–water partition coefficient (Wildman–Crippen LogP) is 1.03. The van der Waals surface area contributed by atoms with Gasteiger partial charge >= 0.3 is 12.1 Å².